The smallest absolute Gasteiger partial charge is 0.352 e. The number of amides is 3. The van der Waals surface area contributed by atoms with Gasteiger partial charge >= 0.3 is 5.97 Å². The van der Waals surface area contributed by atoms with Crippen LogP contribution in [0.1, 0.15) is 12.5 Å². The van der Waals surface area contributed by atoms with E-state index in [4.69, 9.17) is 5.73 Å². The molecule has 3 atom stereocenters. The van der Waals surface area contributed by atoms with E-state index in [1.807, 2.05) is 44.4 Å². The molecule has 0 radical (unpaired) electrons. The topological polar surface area (TPSA) is 130 Å². The summed E-state index contributed by atoms with van der Waals surface area (Å²) < 4.78 is 0.315. The average molecular weight is 474 g/mol. The van der Waals surface area contributed by atoms with E-state index in [-0.39, 0.29) is 18.0 Å². The Labute approximate surface area is 196 Å². The molecule has 10 heteroatoms. The summed E-state index contributed by atoms with van der Waals surface area (Å²) in [5.74, 6) is -1.94. The molecule has 4 N–H and O–H groups in total. The van der Waals surface area contributed by atoms with Crippen LogP contribution in [0.3, 0.4) is 0 Å². The number of fused-ring (bicyclic) bond motifs is 1. The number of carbonyl (C=O) groups is 4. The number of likely N-dealkylation sites (N-methyl/N-ethyl adjacent to an activating group) is 1. The van der Waals surface area contributed by atoms with Crippen molar-refractivity contribution in [1.82, 2.24) is 10.2 Å². The summed E-state index contributed by atoms with van der Waals surface area (Å²) in [7, 11) is 3.72. The number of hydrogen-bond donors (Lipinski definition) is 3. The molecule has 1 aromatic carbocycles. The molecule has 2 aliphatic rings. The zero-order valence-corrected chi connectivity index (χ0v) is 19.7. The number of rotatable bonds is 9. The van der Waals surface area contributed by atoms with Gasteiger partial charge in [-0.1, -0.05) is 36.4 Å². The van der Waals surface area contributed by atoms with Gasteiger partial charge in [0.2, 0.25) is 5.91 Å². The monoisotopic (exact) mass is 473 g/mol. The SMILES string of the molecule is C[C@H](C(N)=O)[N+](C)(C)C/C=C/C1=C(C(=O)O)N2C(=O)[C@@H](NC(=O)Cc3ccccc3)[C@@H]2SC1. The number of quaternary nitrogens is 1. The number of nitrogens with one attached hydrogen (secondary N) is 1. The molecule has 2 aliphatic heterocycles. The van der Waals surface area contributed by atoms with Crippen LogP contribution >= 0.6 is 11.8 Å². The van der Waals surface area contributed by atoms with Crippen molar-refractivity contribution in [2.75, 3.05) is 26.4 Å². The Kier molecular flexibility index (Phi) is 7.28. The Balaban J connectivity index is 1.69. The first-order chi connectivity index (χ1) is 15.5. The van der Waals surface area contributed by atoms with Gasteiger partial charge < -0.3 is 20.6 Å². The summed E-state index contributed by atoms with van der Waals surface area (Å²) in [6.45, 7) is 2.20. The van der Waals surface area contributed by atoms with E-state index in [0.29, 0.717) is 22.4 Å². The largest absolute Gasteiger partial charge is 0.477 e. The molecule has 0 bridgehead atoms. The molecule has 3 amide bonds. The standard InChI is InChI=1S/C23H28N4O5S/c1-14(20(24)29)27(2,3)11-7-10-16-13-33-22-18(21(30)26(22)19(16)23(31)32)25-17(28)12-15-8-5-4-6-9-15/h4-10,14,18,22H,11-13H2,1-3H3,(H3-,24,25,28,29,31,32)/p+1/b10-7+/t14-,18-,22+/m1/s1. The summed E-state index contributed by atoms with van der Waals surface area (Å²) in [6.07, 6.45) is 3.63. The summed E-state index contributed by atoms with van der Waals surface area (Å²) in [5, 5.41) is 12.1. The zero-order valence-electron chi connectivity index (χ0n) is 18.9. The summed E-state index contributed by atoms with van der Waals surface area (Å²) in [4.78, 5) is 49.9. The van der Waals surface area contributed by atoms with Crippen molar-refractivity contribution in [1.29, 1.82) is 0 Å². The first-order valence-electron chi connectivity index (χ1n) is 10.6. The molecule has 1 aromatic rings. The van der Waals surface area contributed by atoms with Crippen LogP contribution in [0.15, 0.2) is 53.8 Å². The first-order valence-corrected chi connectivity index (χ1v) is 11.6. The lowest BCUT2D eigenvalue weighted by atomic mass is 10.0. The molecule has 0 unspecified atom stereocenters. The number of carboxylic acids is 1. The number of primary amides is 1. The fourth-order valence-electron chi connectivity index (χ4n) is 3.75. The lowest BCUT2D eigenvalue weighted by molar-refractivity contribution is -0.898. The van der Waals surface area contributed by atoms with E-state index in [2.05, 4.69) is 5.32 Å². The summed E-state index contributed by atoms with van der Waals surface area (Å²) in [6, 6.07) is 8.03. The van der Waals surface area contributed by atoms with Gasteiger partial charge in [0.15, 0.2) is 6.04 Å². The minimum absolute atomic E-state index is 0.0678. The number of benzene rings is 1. The molecule has 1 fully saturated rings. The van der Waals surface area contributed by atoms with Crippen LogP contribution in [0.25, 0.3) is 0 Å². The van der Waals surface area contributed by atoms with Crippen LogP contribution in [0.2, 0.25) is 0 Å². The second kappa shape index (κ2) is 9.80. The van der Waals surface area contributed by atoms with E-state index < -0.39 is 35.2 Å². The number of aliphatic carboxylic acids is 1. The Morgan fingerprint density at radius 2 is 1.97 bits per heavy atom. The van der Waals surface area contributed by atoms with E-state index in [1.165, 1.54) is 16.7 Å². The van der Waals surface area contributed by atoms with Gasteiger partial charge in [-0.15, -0.1) is 11.8 Å². The number of carboxylic acid groups (broad SMARTS) is 1. The molecule has 0 saturated carbocycles. The number of hydrogen-bond acceptors (Lipinski definition) is 5. The third-order valence-electron chi connectivity index (χ3n) is 6.08. The van der Waals surface area contributed by atoms with Gasteiger partial charge in [0.05, 0.1) is 27.1 Å². The number of allylic oxidation sites excluding steroid dienone is 1. The third-order valence-corrected chi connectivity index (χ3v) is 7.38. The number of β-lactam (4-membered cyclic amide) rings is 1. The van der Waals surface area contributed by atoms with Gasteiger partial charge in [-0.3, -0.25) is 19.3 Å². The van der Waals surface area contributed by atoms with Crippen LogP contribution in [-0.4, -0.2) is 82.0 Å². The molecule has 3 rings (SSSR count). The highest BCUT2D eigenvalue weighted by molar-refractivity contribution is 8.00. The Hall–Kier alpha value is -3.11. The fourth-order valence-corrected chi connectivity index (χ4v) is 5.06. The van der Waals surface area contributed by atoms with Crippen LogP contribution in [-0.2, 0) is 25.6 Å². The van der Waals surface area contributed by atoms with Crippen LogP contribution < -0.4 is 11.1 Å². The van der Waals surface area contributed by atoms with Crippen molar-refractivity contribution in [2.24, 2.45) is 5.73 Å². The molecule has 2 heterocycles. The first kappa shape index (κ1) is 24.5. The Morgan fingerprint density at radius 1 is 1.30 bits per heavy atom. The molecule has 1 saturated heterocycles. The highest BCUT2D eigenvalue weighted by Gasteiger charge is 2.53. The van der Waals surface area contributed by atoms with Crippen LogP contribution in [0.4, 0.5) is 0 Å². The van der Waals surface area contributed by atoms with E-state index in [1.54, 1.807) is 19.1 Å². The van der Waals surface area contributed by atoms with Gasteiger partial charge in [0, 0.05) is 5.75 Å². The molecular weight excluding hydrogens is 444 g/mol. The lowest BCUT2D eigenvalue weighted by Crippen LogP contribution is -2.70. The minimum Gasteiger partial charge on any atom is -0.477 e. The summed E-state index contributed by atoms with van der Waals surface area (Å²) in [5.41, 5.74) is 6.68. The molecule has 0 aromatic heterocycles. The zero-order chi connectivity index (χ0) is 24.3. The molecule has 0 spiro atoms. The molecule has 0 aliphatic carbocycles. The number of nitrogens with zero attached hydrogens (tertiary/aromatic N) is 2. The maximum absolute atomic E-state index is 12.8. The Morgan fingerprint density at radius 3 is 2.58 bits per heavy atom. The van der Waals surface area contributed by atoms with Gasteiger partial charge in [0.1, 0.15) is 17.1 Å². The second-order valence-electron chi connectivity index (χ2n) is 8.74. The van der Waals surface area contributed by atoms with Crippen molar-refractivity contribution in [2.45, 2.75) is 30.8 Å². The summed E-state index contributed by atoms with van der Waals surface area (Å²) >= 11 is 1.41. The van der Waals surface area contributed by atoms with Crippen LogP contribution in [0, 0.1) is 0 Å². The predicted octanol–water partition coefficient (Wildman–Crippen LogP) is 0.474. The maximum atomic E-state index is 12.8. The number of carbonyl (C=O) groups excluding carboxylic acids is 3. The lowest BCUT2D eigenvalue weighted by Gasteiger charge is -2.49. The minimum atomic E-state index is -1.19. The molecular formula is C23H29N4O5S+. The van der Waals surface area contributed by atoms with E-state index >= 15 is 0 Å². The normalized spacial score (nSPS) is 21.4. The van der Waals surface area contributed by atoms with Crippen molar-refractivity contribution in [3.05, 3.63) is 59.3 Å². The Bertz CT molecular complexity index is 1020. The van der Waals surface area contributed by atoms with Crippen molar-refractivity contribution in [3.63, 3.8) is 0 Å². The quantitative estimate of drug-likeness (QED) is 0.353. The van der Waals surface area contributed by atoms with Crippen molar-refractivity contribution in [3.8, 4) is 0 Å². The fraction of sp³-hybridized carbons (Fsp3) is 0.391. The van der Waals surface area contributed by atoms with E-state index in [0.717, 1.165) is 5.56 Å². The number of thioether (sulfide) groups is 1. The van der Waals surface area contributed by atoms with Crippen LogP contribution in [0.5, 0.6) is 0 Å². The number of nitrogens with two attached hydrogens (primary N) is 1. The highest BCUT2D eigenvalue weighted by Crippen LogP contribution is 2.40. The van der Waals surface area contributed by atoms with Crippen molar-refractivity contribution < 1.29 is 28.8 Å². The average Bonchev–Trinajstić information content (AvgIpc) is 2.76. The van der Waals surface area contributed by atoms with E-state index in [9.17, 15) is 24.3 Å². The van der Waals surface area contributed by atoms with Gasteiger partial charge in [0.25, 0.3) is 11.8 Å². The predicted molar refractivity (Wildman–Crippen MR) is 125 cm³/mol. The molecule has 9 nitrogen and oxygen atoms in total. The highest BCUT2D eigenvalue weighted by atomic mass is 32.2. The maximum Gasteiger partial charge on any atom is 0.352 e. The molecule has 176 valence electrons. The van der Waals surface area contributed by atoms with Gasteiger partial charge in [-0.2, -0.15) is 0 Å². The van der Waals surface area contributed by atoms with Crippen molar-refractivity contribution >= 4 is 35.5 Å². The van der Waals surface area contributed by atoms with Gasteiger partial charge in [-0.25, -0.2) is 4.79 Å². The second-order valence-corrected chi connectivity index (χ2v) is 9.84. The molecule has 33 heavy (non-hydrogen) atoms. The van der Waals surface area contributed by atoms with Gasteiger partial charge in [-0.05, 0) is 24.1 Å². The third kappa shape index (κ3) is 5.28.